The first kappa shape index (κ1) is 25.3. The quantitative estimate of drug-likeness (QED) is 0.476. The third kappa shape index (κ3) is 6.16. The minimum atomic E-state index is -1.09. The average Bonchev–Trinajstić information content (AvgIpc) is 3.10. The molecule has 7 nitrogen and oxygen atoms in total. The molecule has 0 unspecified atom stereocenters. The van der Waals surface area contributed by atoms with Gasteiger partial charge in [0.25, 0.3) is 0 Å². The Balaban J connectivity index is 1.66. The summed E-state index contributed by atoms with van der Waals surface area (Å²) in [5.41, 5.74) is 4.47. The van der Waals surface area contributed by atoms with E-state index in [9.17, 15) is 19.5 Å². The first-order valence-electron chi connectivity index (χ1n) is 11.8. The average molecular weight is 467 g/mol. The van der Waals surface area contributed by atoms with Crippen LogP contribution in [0.1, 0.15) is 57.6 Å². The maximum absolute atomic E-state index is 12.9. The summed E-state index contributed by atoms with van der Waals surface area (Å²) >= 11 is 0. The number of benzene rings is 2. The van der Waals surface area contributed by atoms with E-state index >= 15 is 0 Å². The summed E-state index contributed by atoms with van der Waals surface area (Å²) in [4.78, 5) is 37.1. The summed E-state index contributed by atoms with van der Waals surface area (Å²) in [6.45, 7) is 7.79. The van der Waals surface area contributed by atoms with Crippen LogP contribution in [0.2, 0.25) is 0 Å². The molecule has 0 saturated carbocycles. The van der Waals surface area contributed by atoms with Gasteiger partial charge >= 0.3 is 12.1 Å². The highest BCUT2D eigenvalue weighted by Gasteiger charge is 2.31. The molecule has 0 aromatic heterocycles. The topological polar surface area (TPSA) is 105 Å². The molecule has 2 atom stereocenters. The number of aliphatic carboxylic acids is 1. The molecule has 0 spiro atoms. The van der Waals surface area contributed by atoms with Gasteiger partial charge in [0.2, 0.25) is 5.91 Å². The molecule has 3 rings (SSSR count). The van der Waals surface area contributed by atoms with Crippen LogP contribution in [0, 0.1) is 11.8 Å². The van der Waals surface area contributed by atoms with Crippen LogP contribution in [0.25, 0.3) is 11.1 Å². The van der Waals surface area contributed by atoms with E-state index in [0.29, 0.717) is 12.8 Å². The number of fused-ring (bicyclic) bond motifs is 3. The number of carboxylic acid groups (broad SMARTS) is 1. The number of alkyl carbamates (subject to hydrolysis) is 1. The van der Waals surface area contributed by atoms with Crippen molar-refractivity contribution in [2.75, 3.05) is 6.61 Å². The lowest BCUT2D eigenvalue weighted by molar-refractivity contribution is -0.142. The number of carbonyl (C=O) groups excluding carboxylic acids is 2. The van der Waals surface area contributed by atoms with E-state index in [-0.39, 0.29) is 24.4 Å². The Labute approximate surface area is 200 Å². The summed E-state index contributed by atoms with van der Waals surface area (Å²) in [7, 11) is 0. The smallest absolute Gasteiger partial charge is 0.407 e. The van der Waals surface area contributed by atoms with Crippen LogP contribution in [0.4, 0.5) is 4.79 Å². The molecule has 7 heteroatoms. The highest BCUT2D eigenvalue weighted by atomic mass is 16.5. The molecular weight excluding hydrogens is 432 g/mol. The van der Waals surface area contributed by atoms with E-state index in [2.05, 4.69) is 22.8 Å². The Morgan fingerprint density at radius 1 is 0.824 bits per heavy atom. The molecule has 0 aliphatic heterocycles. The number of rotatable bonds is 10. The Kier molecular flexibility index (Phi) is 8.31. The Morgan fingerprint density at radius 3 is 1.82 bits per heavy atom. The molecule has 182 valence electrons. The number of carboxylic acids is 1. The van der Waals surface area contributed by atoms with Gasteiger partial charge in [0.15, 0.2) is 0 Å². The summed E-state index contributed by atoms with van der Waals surface area (Å²) in [6.07, 6.45) is -0.0248. The summed E-state index contributed by atoms with van der Waals surface area (Å²) in [5, 5.41) is 14.7. The number of hydrogen-bond acceptors (Lipinski definition) is 4. The zero-order valence-corrected chi connectivity index (χ0v) is 20.2. The largest absolute Gasteiger partial charge is 0.480 e. The SMILES string of the molecule is CC(C)C[C@H](NC(=O)[C@H](CC(C)C)NC(=O)OCC1c2ccccc2-c2ccccc21)C(=O)O. The van der Waals surface area contributed by atoms with Crippen LogP contribution in [0.3, 0.4) is 0 Å². The minimum Gasteiger partial charge on any atom is -0.480 e. The zero-order chi connectivity index (χ0) is 24.8. The molecule has 2 aromatic rings. The van der Waals surface area contributed by atoms with Gasteiger partial charge in [-0.3, -0.25) is 4.79 Å². The first-order chi connectivity index (χ1) is 16.2. The summed E-state index contributed by atoms with van der Waals surface area (Å²) in [6, 6.07) is 14.2. The third-order valence-electron chi connectivity index (χ3n) is 5.98. The summed E-state index contributed by atoms with van der Waals surface area (Å²) in [5.74, 6) is -1.49. The number of ether oxygens (including phenoxy) is 1. The van der Waals surface area contributed by atoms with Crippen LogP contribution in [0.15, 0.2) is 48.5 Å². The van der Waals surface area contributed by atoms with E-state index < -0.39 is 30.1 Å². The highest BCUT2D eigenvalue weighted by Crippen LogP contribution is 2.44. The molecule has 0 bridgehead atoms. The number of hydrogen-bond donors (Lipinski definition) is 3. The number of amides is 2. The fourth-order valence-electron chi connectivity index (χ4n) is 4.45. The van der Waals surface area contributed by atoms with Crippen molar-refractivity contribution in [3.05, 3.63) is 59.7 Å². The molecule has 1 aliphatic rings. The predicted octanol–water partition coefficient (Wildman–Crippen LogP) is 4.56. The molecule has 0 radical (unpaired) electrons. The molecular formula is C27H34N2O5. The predicted molar refractivity (Wildman–Crippen MR) is 130 cm³/mol. The first-order valence-corrected chi connectivity index (χ1v) is 11.8. The van der Waals surface area contributed by atoms with Crippen molar-refractivity contribution in [2.45, 2.75) is 58.5 Å². The van der Waals surface area contributed by atoms with Crippen molar-refractivity contribution in [3.63, 3.8) is 0 Å². The van der Waals surface area contributed by atoms with Gasteiger partial charge in [0.1, 0.15) is 18.7 Å². The van der Waals surface area contributed by atoms with Crippen LogP contribution in [-0.4, -0.2) is 41.8 Å². The van der Waals surface area contributed by atoms with Gasteiger partial charge in [0.05, 0.1) is 0 Å². The second kappa shape index (κ2) is 11.2. The van der Waals surface area contributed by atoms with E-state index in [1.165, 1.54) is 0 Å². The van der Waals surface area contributed by atoms with Gasteiger partial charge in [-0.05, 0) is 46.9 Å². The van der Waals surface area contributed by atoms with Crippen LogP contribution in [-0.2, 0) is 14.3 Å². The van der Waals surface area contributed by atoms with Gasteiger partial charge in [-0.2, -0.15) is 0 Å². The van der Waals surface area contributed by atoms with Crippen molar-refractivity contribution in [2.24, 2.45) is 11.8 Å². The molecule has 0 saturated heterocycles. The van der Waals surface area contributed by atoms with Crippen molar-refractivity contribution < 1.29 is 24.2 Å². The molecule has 1 aliphatic carbocycles. The molecule has 34 heavy (non-hydrogen) atoms. The van der Waals surface area contributed by atoms with Crippen molar-refractivity contribution in [1.82, 2.24) is 10.6 Å². The van der Waals surface area contributed by atoms with E-state index in [1.807, 2.05) is 64.1 Å². The van der Waals surface area contributed by atoms with E-state index in [1.54, 1.807) is 0 Å². The lowest BCUT2D eigenvalue weighted by Crippen LogP contribution is -2.52. The molecule has 0 fully saturated rings. The second-order valence-corrected chi connectivity index (χ2v) is 9.68. The Hall–Kier alpha value is -3.35. The van der Waals surface area contributed by atoms with Gasteiger partial charge in [0, 0.05) is 5.92 Å². The Morgan fingerprint density at radius 2 is 1.32 bits per heavy atom. The maximum atomic E-state index is 12.9. The van der Waals surface area contributed by atoms with Gasteiger partial charge < -0.3 is 20.5 Å². The zero-order valence-electron chi connectivity index (χ0n) is 20.2. The van der Waals surface area contributed by atoms with E-state index in [0.717, 1.165) is 22.3 Å². The molecule has 2 aromatic carbocycles. The van der Waals surface area contributed by atoms with Crippen LogP contribution in [0.5, 0.6) is 0 Å². The van der Waals surface area contributed by atoms with Gasteiger partial charge in [-0.25, -0.2) is 9.59 Å². The molecule has 2 amide bonds. The second-order valence-electron chi connectivity index (χ2n) is 9.68. The van der Waals surface area contributed by atoms with Crippen molar-refractivity contribution in [1.29, 1.82) is 0 Å². The van der Waals surface area contributed by atoms with Gasteiger partial charge in [-0.15, -0.1) is 0 Å². The third-order valence-corrected chi connectivity index (χ3v) is 5.98. The van der Waals surface area contributed by atoms with Gasteiger partial charge in [-0.1, -0.05) is 76.2 Å². The fourth-order valence-corrected chi connectivity index (χ4v) is 4.45. The normalized spacial score (nSPS) is 14.3. The Bertz CT molecular complexity index is 988. The van der Waals surface area contributed by atoms with Crippen molar-refractivity contribution >= 4 is 18.0 Å². The minimum absolute atomic E-state index is 0.0852. The standard InChI is InChI=1S/C27H34N2O5/c1-16(2)13-23(25(30)28-24(26(31)32)14-17(3)4)29-27(33)34-15-22-20-11-7-5-9-18(20)19-10-6-8-12-21(19)22/h5-12,16-17,22-24H,13-15H2,1-4H3,(H,28,30)(H,29,33)(H,31,32)/t23-,24-/m0/s1. The highest BCUT2D eigenvalue weighted by molar-refractivity contribution is 5.89. The maximum Gasteiger partial charge on any atom is 0.407 e. The van der Waals surface area contributed by atoms with E-state index in [4.69, 9.17) is 4.74 Å². The van der Waals surface area contributed by atoms with Crippen LogP contribution < -0.4 is 10.6 Å². The lowest BCUT2D eigenvalue weighted by atomic mass is 9.98. The molecule has 0 heterocycles. The van der Waals surface area contributed by atoms with Crippen molar-refractivity contribution in [3.8, 4) is 11.1 Å². The number of carbonyl (C=O) groups is 3. The fraction of sp³-hybridized carbons (Fsp3) is 0.444. The van der Waals surface area contributed by atoms with Crippen LogP contribution >= 0.6 is 0 Å². The monoisotopic (exact) mass is 466 g/mol. The lowest BCUT2D eigenvalue weighted by Gasteiger charge is -2.23. The summed E-state index contributed by atoms with van der Waals surface area (Å²) < 4.78 is 5.57. The number of nitrogens with one attached hydrogen (secondary N) is 2. The molecule has 3 N–H and O–H groups in total.